The minimum atomic E-state index is -0.157. The van der Waals surface area contributed by atoms with Gasteiger partial charge in [-0.15, -0.1) is 0 Å². The zero-order valence-corrected chi connectivity index (χ0v) is 15.9. The Morgan fingerprint density at radius 2 is 1.79 bits per heavy atom. The van der Waals surface area contributed by atoms with Gasteiger partial charge in [0, 0.05) is 19.7 Å². The van der Waals surface area contributed by atoms with Crippen molar-refractivity contribution in [3.05, 3.63) is 76.2 Å². The summed E-state index contributed by atoms with van der Waals surface area (Å²) in [6.07, 6.45) is 1.60. The number of fused-ring (bicyclic) bond motifs is 3. The van der Waals surface area contributed by atoms with Gasteiger partial charge in [-0.3, -0.25) is 9.59 Å². The van der Waals surface area contributed by atoms with Crippen molar-refractivity contribution in [3.63, 3.8) is 0 Å². The highest BCUT2D eigenvalue weighted by molar-refractivity contribution is 5.97. The van der Waals surface area contributed by atoms with E-state index < -0.39 is 0 Å². The molecule has 0 atom stereocenters. The monoisotopic (exact) mass is 376 g/mol. The number of rotatable bonds is 4. The summed E-state index contributed by atoms with van der Waals surface area (Å²) < 4.78 is 8.50. The van der Waals surface area contributed by atoms with Crippen LogP contribution in [0.4, 0.5) is 0 Å². The van der Waals surface area contributed by atoms with Crippen LogP contribution >= 0.6 is 0 Å². The van der Waals surface area contributed by atoms with Crippen LogP contribution in [0.15, 0.2) is 59.5 Å². The first-order valence-corrected chi connectivity index (χ1v) is 8.84. The van der Waals surface area contributed by atoms with Gasteiger partial charge in [0.25, 0.3) is 11.5 Å². The van der Waals surface area contributed by atoms with Gasteiger partial charge >= 0.3 is 0 Å². The molecule has 0 aliphatic carbocycles. The SMILES string of the molecule is COc1ccc(Cn2c(=O)c3ccnn3c3ccc(C(=O)N(C)C)cc32)cc1. The highest BCUT2D eigenvalue weighted by Crippen LogP contribution is 2.19. The fourth-order valence-electron chi connectivity index (χ4n) is 3.29. The Kier molecular flexibility index (Phi) is 4.35. The number of methoxy groups -OCH3 is 1. The maximum Gasteiger partial charge on any atom is 0.277 e. The van der Waals surface area contributed by atoms with Crippen molar-refractivity contribution in [2.45, 2.75) is 6.54 Å². The Balaban J connectivity index is 1.94. The van der Waals surface area contributed by atoms with E-state index in [0.717, 1.165) is 16.8 Å². The molecule has 0 fully saturated rings. The second-order valence-electron chi connectivity index (χ2n) is 6.77. The van der Waals surface area contributed by atoms with Crippen molar-refractivity contribution < 1.29 is 9.53 Å². The van der Waals surface area contributed by atoms with E-state index in [2.05, 4.69) is 5.10 Å². The van der Waals surface area contributed by atoms with Crippen molar-refractivity contribution in [1.29, 1.82) is 0 Å². The molecule has 2 aromatic heterocycles. The van der Waals surface area contributed by atoms with E-state index in [1.807, 2.05) is 30.3 Å². The number of hydrogen-bond donors (Lipinski definition) is 0. The zero-order valence-electron chi connectivity index (χ0n) is 15.9. The number of carbonyl (C=O) groups excluding carboxylic acids is 1. The average molecular weight is 376 g/mol. The second kappa shape index (κ2) is 6.84. The zero-order chi connectivity index (χ0) is 19.8. The van der Waals surface area contributed by atoms with E-state index in [0.29, 0.717) is 23.1 Å². The van der Waals surface area contributed by atoms with Crippen LogP contribution in [0.25, 0.3) is 16.6 Å². The van der Waals surface area contributed by atoms with Crippen molar-refractivity contribution in [1.82, 2.24) is 19.1 Å². The normalized spacial score (nSPS) is 11.1. The summed E-state index contributed by atoms with van der Waals surface area (Å²) in [5.41, 5.74) is 3.24. The van der Waals surface area contributed by atoms with E-state index in [4.69, 9.17) is 4.74 Å². The number of amides is 1. The lowest BCUT2D eigenvalue weighted by molar-refractivity contribution is 0.0827. The molecule has 0 bridgehead atoms. The molecule has 4 aromatic rings. The summed E-state index contributed by atoms with van der Waals surface area (Å²) in [7, 11) is 5.02. The Bertz CT molecular complexity index is 1240. The first-order valence-electron chi connectivity index (χ1n) is 8.84. The van der Waals surface area contributed by atoms with Gasteiger partial charge in [0.05, 0.1) is 30.9 Å². The maximum absolute atomic E-state index is 13.1. The van der Waals surface area contributed by atoms with Crippen molar-refractivity contribution in [3.8, 4) is 5.75 Å². The molecule has 28 heavy (non-hydrogen) atoms. The number of ether oxygens (including phenoxy) is 1. The van der Waals surface area contributed by atoms with Crippen LogP contribution in [0.3, 0.4) is 0 Å². The number of hydrogen-bond acceptors (Lipinski definition) is 4. The molecule has 0 aliphatic rings. The number of benzene rings is 2. The Morgan fingerprint density at radius 3 is 2.46 bits per heavy atom. The van der Waals surface area contributed by atoms with Crippen LogP contribution in [-0.2, 0) is 6.54 Å². The topological polar surface area (TPSA) is 68.8 Å². The van der Waals surface area contributed by atoms with Gasteiger partial charge in [-0.25, -0.2) is 4.52 Å². The summed E-state index contributed by atoms with van der Waals surface area (Å²) in [5, 5.41) is 4.28. The number of carbonyl (C=O) groups is 1. The van der Waals surface area contributed by atoms with Crippen LogP contribution in [0.1, 0.15) is 15.9 Å². The molecule has 0 radical (unpaired) electrons. The standard InChI is InChI=1S/C21H20N4O3/c1-23(2)20(26)15-6-9-17-19(12-15)24(21(27)18-10-11-22-25(17)18)13-14-4-7-16(28-3)8-5-14/h4-12H,13H2,1-3H3. The molecule has 2 heterocycles. The molecule has 0 unspecified atom stereocenters. The summed E-state index contributed by atoms with van der Waals surface area (Å²) in [5.74, 6) is 0.636. The molecule has 7 heteroatoms. The third kappa shape index (κ3) is 2.90. The molecule has 2 aromatic carbocycles. The third-order valence-corrected chi connectivity index (χ3v) is 4.75. The molecule has 0 spiro atoms. The van der Waals surface area contributed by atoms with E-state index >= 15 is 0 Å². The Morgan fingerprint density at radius 1 is 1.04 bits per heavy atom. The predicted octanol–water partition coefficient (Wildman–Crippen LogP) is 2.41. The lowest BCUT2D eigenvalue weighted by Gasteiger charge is -2.15. The Labute approximate surface area is 161 Å². The highest BCUT2D eigenvalue weighted by Gasteiger charge is 2.15. The van der Waals surface area contributed by atoms with Crippen LogP contribution < -0.4 is 10.3 Å². The third-order valence-electron chi connectivity index (χ3n) is 4.75. The van der Waals surface area contributed by atoms with Gasteiger partial charge in [-0.1, -0.05) is 12.1 Å². The minimum Gasteiger partial charge on any atom is -0.497 e. The van der Waals surface area contributed by atoms with Crippen LogP contribution in [0.5, 0.6) is 5.75 Å². The highest BCUT2D eigenvalue weighted by atomic mass is 16.5. The average Bonchev–Trinajstić information content (AvgIpc) is 3.20. The number of aromatic nitrogens is 3. The Hall–Kier alpha value is -3.61. The fourth-order valence-corrected chi connectivity index (χ4v) is 3.29. The molecular formula is C21H20N4O3. The quantitative estimate of drug-likeness (QED) is 0.549. The predicted molar refractivity (Wildman–Crippen MR) is 107 cm³/mol. The first-order chi connectivity index (χ1) is 13.5. The maximum atomic E-state index is 13.1. The molecule has 0 N–H and O–H groups in total. The van der Waals surface area contributed by atoms with Crippen molar-refractivity contribution in [2.75, 3.05) is 21.2 Å². The fraction of sp³-hybridized carbons (Fsp3) is 0.190. The smallest absolute Gasteiger partial charge is 0.277 e. The van der Waals surface area contributed by atoms with Gasteiger partial charge in [-0.05, 0) is 42.0 Å². The molecular weight excluding hydrogens is 356 g/mol. The van der Waals surface area contributed by atoms with Crippen LogP contribution in [-0.4, -0.2) is 46.2 Å². The largest absolute Gasteiger partial charge is 0.497 e. The van der Waals surface area contributed by atoms with E-state index in [9.17, 15) is 9.59 Å². The molecule has 0 saturated heterocycles. The first kappa shape index (κ1) is 17.8. The molecule has 7 nitrogen and oxygen atoms in total. The van der Waals surface area contributed by atoms with Crippen molar-refractivity contribution in [2.24, 2.45) is 0 Å². The molecule has 142 valence electrons. The van der Waals surface area contributed by atoms with Gasteiger partial charge < -0.3 is 14.2 Å². The lowest BCUT2D eigenvalue weighted by Crippen LogP contribution is -2.25. The molecule has 0 aliphatic heterocycles. The van der Waals surface area contributed by atoms with Gasteiger partial charge in [-0.2, -0.15) is 5.10 Å². The summed E-state index contributed by atoms with van der Waals surface area (Å²) in [6, 6.07) is 14.6. The van der Waals surface area contributed by atoms with E-state index in [1.165, 1.54) is 4.90 Å². The lowest BCUT2D eigenvalue weighted by atomic mass is 10.1. The van der Waals surface area contributed by atoms with Gasteiger partial charge in [0.1, 0.15) is 11.3 Å². The van der Waals surface area contributed by atoms with E-state index in [1.54, 1.807) is 54.7 Å². The second-order valence-corrected chi connectivity index (χ2v) is 6.77. The minimum absolute atomic E-state index is 0.120. The summed E-state index contributed by atoms with van der Waals surface area (Å²) in [4.78, 5) is 27.1. The van der Waals surface area contributed by atoms with E-state index in [-0.39, 0.29) is 11.5 Å². The number of nitrogens with zero attached hydrogens (tertiary/aromatic N) is 4. The summed E-state index contributed by atoms with van der Waals surface area (Å²) >= 11 is 0. The molecule has 1 amide bonds. The summed E-state index contributed by atoms with van der Waals surface area (Å²) in [6.45, 7) is 0.376. The molecule has 0 saturated carbocycles. The van der Waals surface area contributed by atoms with Crippen LogP contribution in [0.2, 0.25) is 0 Å². The molecule has 4 rings (SSSR count). The van der Waals surface area contributed by atoms with Crippen molar-refractivity contribution >= 4 is 22.5 Å². The van der Waals surface area contributed by atoms with Crippen LogP contribution in [0, 0.1) is 0 Å². The van der Waals surface area contributed by atoms with Gasteiger partial charge in [0.2, 0.25) is 0 Å². The van der Waals surface area contributed by atoms with Gasteiger partial charge in [0.15, 0.2) is 0 Å².